The standard InChI is InChI=1S/C20H23ClN6O4S/c21-15-2-4-16(5-3-15)32(29,30)27-9-6-14(7-10-27)20(28)31-11-1-8-26-13-25-17-18(22)23-12-24-19(17)26/h2-5,12-14H,1,6-11H2,(H2,22,23,24). The number of nitrogen functional groups attached to an aromatic ring is 1. The van der Waals surface area contributed by atoms with E-state index in [1.165, 1.54) is 22.8 Å². The fraction of sp³-hybridized carbons (Fsp3) is 0.400. The van der Waals surface area contributed by atoms with E-state index < -0.39 is 10.0 Å². The van der Waals surface area contributed by atoms with Crippen molar-refractivity contribution in [3.05, 3.63) is 41.9 Å². The third-order valence-corrected chi connectivity index (χ3v) is 7.62. The predicted octanol–water partition coefficient (Wildman–Crippen LogP) is 2.10. The number of halogens is 1. The van der Waals surface area contributed by atoms with Crippen LogP contribution in [0.15, 0.2) is 41.8 Å². The van der Waals surface area contributed by atoms with E-state index in [1.807, 2.05) is 4.57 Å². The lowest BCUT2D eigenvalue weighted by Gasteiger charge is -2.30. The van der Waals surface area contributed by atoms with Crippen molar-refractivity contribution < 1.29 is 17.9 Å². The highest BCUT2D eigenvalue weighted by Gasteiger charge is 2.32. The minimum atomic E-state index is -3.60. The topological polar surface area (TPSA) is 133 Å². The van der Waals surface area contributed by atoms with Crippen molar-refractivity contribution in [3.8, 4) is 0 Å². The Balaban J connectivity index is 1.24. The molecule has 10 nitrogen and oxygen atoms in total. The van der Waals surface area contributed by atoms with Crippen LogP contribution in [0.25, 0.3) is 11.2 Å². The third-order valence-electron chi connectivity index (χ3n) is 5.46. The number of nitrogens with zero attached hydrogens (tertiary/aromatic N) is 5. The molecule has 1 aliphatic rings. The zero-order valence-corrected chi connectivity index (χ0v) is 18.8. The molecule has 1 aromatic carbocycles. The second kappa shape index (κ2) is 9.39. The van der Waals surface area contributed by atoms with Crippen molar-refractivity contribution in [3.63, 3.8) is 0 Å². The summed E-state index contributed by atoms with van der Waals surface area (Å²) < 4.78 is 34.2. The van der Waals surface area contributed by atoms with Crippen LogP contribution in [0.1, 0.15) is 19.3 Å². The molecule has 4 rings (SSSR count). The maximum absolute atomic E-state index is 12.8. The molecular weight excluding hydrogens is 456 g/mol. The van der Waals surface area contributed by atoms with Gasteiger partial charge in [-0.15, -0.1) is 0 Å². The molecule has 3 aromatic rings. The van der Waals surface area contributed by atoms with Gasteiger partial charge in [-0.3, -0.25) is 4.79 Å². The summed E-state index contributed by atoms with van der Waals surface area (Å²) in [6.07, 6.45) is 4.46. The first kappa shape index (κ1) is 22.4. The zero-order chi connectivity index (χ0) is 22.7. The molecule has 1 saturated heterocycles. The Labute approximate surface area is 190 Å². The molecule has 2 aromatic heterocycles. The Morgan fingerprint density at radius 3 is 2.59 bits per heavy atom. The second-order valence-corrected chi connectivity index (χ2v) is 9.90. The summed E-state index contributed by atoms with van der Waals surface area (Å²) in [5.41, 5.74) is 6.96. The SMILES string of the molecule is Nc1ncnc2c1ncn2CCCOC(=O)C1CCN(S(=O)(=O)c2ccc(Cl)cc2)CC1. The van der Waals surface area contributed by atoms with Gasteiger partial charge in [-0.2, -0.15) is 4.31 Å². The number of nitrogens with two attached hydrogens (primary N) is 1. The average Bonchev–Trinajstić information content (AvgIpc) is 3.21. The number of aryl methyl sites for hydroxylation is 1. The smallest absolute Gasteiger partial charge is 0.309 e. The molecule has 1 aliphatic heterocycles. The van der Waals surface area contributed by atoms with Crippen LogP contribution in [-0.4, -0.2) is 57.9 Å². The summed E-state index contributed by atoms with van der Waals surface area (Å²) in [7, 11) is -3.60. The minimum Gasteiger partial charge on any atom is -0.465 e. The van der Waals surface area contributed by atoms with Crippen LogP contribution in [0.5, 0.6) is 0 Å². The highest BCUT2D eigenvalue weighted by Crippen LogP contribution is 2.25. The molecule has 0 saturated carbocycles. The van der Waals surface area contributed by atoms with E-state index in [0.717, 1.165) is 0 Å². The van der Waals surface area contributed by atoms with E-state index >= 15 is 0 Å². The molecule has 0 bridgehead atoms. The molecule has 0 spiro atoms. The molecule has 0 aliphatic carbocycles. The molecule has 3 heterocycles. The lowest BCUT2D eigenvalue weighted by atomic mass is 9.98. The maximum Gasteiger partial charge on any atom is 0.309 e. The predicted molar refractivity (Wildman–Crippen MR) is 118 cm³/mol. The molecule has 0 amide bonds. The van der Waals surface area contributed by atoms with Gasteiger partial charge in [-0.1, -0.05) is 11.6 Å². The number of hydrogen-bond donors (Lipinski definition) is 1. The van der Waals surface area contributed by atoms with E-state index in [0.29, 0.717) is 47.8 Å². The van der Waals surface area contributed by atoms with Crippen molar-refractivity contribution in [2.75, 3.05) is 25.4 Å². The van der Waals surface area contributed by atoms with Crippen LogP contribution >= 0.6 is 11.6 Å². The van der Waals surface area contributed by atoms with Crippen molar-refractivity contribution in [2.45, 2.75) is 30.7 Å². The number of esters is 1. The maximum atomic E-state index is 12.8. The fourth-order valence-electron chi connectivity index (χ4n) is 3.68. The summed E-state index contributed by atoms with van der Waals surface area (Å²) in [6.45, 7) is 1.36. The van der Waals surface area contributed by atoms with Crippen LogP contribution < -0.4 is 5.73 Å². The molecule has 32 heavy (non-hydrogen) atoms. The van der Waals surface area contributed by atoms with Gasteiger partial charge in [-0.05, 0) is 43.5 Å². The van der Waals surface area contributed by atoms with Gasteiger partial charge >= 0.3 is 5.97 Å². The van der Waals surface area contributed by atoms with Crippen molar-refractivity contribution in [1.29, 1.82) is 0 Å². The van der Waals surface area contributed by atoms with Gasteiger partial charge < -0.3 is 15.0 Å². The molecule has 0 radical (unpaired) electrons. The number of aromatic nitrogens is 4. The Morgan fingerprint density at radius 1 is 1.16 bits per heavy atom. The van der Waals surface area contributed by atoms with Gasteiger partial charge in [0.1, 0.15) is 11.8 Å². The summed E-state index contributed by atoms with van der Waals surface area (Å²) in [4.78, 5) is 24.9. The van der Waals surface area contributed by atoms with Crippen LogP contribution in [-0.2, 0) is 26.1 Å². The lowest BCUT2D eigenvalue weighted by Crippen LogP contribution is -2.40. The number of imidazole rings is 1. The Hall–Kier alpha value is -2.76. The molecule has 0 atom stereocenters. The van der Waals surface area contributed by atoms with E-state index in [2.05, 4.69) is 15.0 Å². The normalized spacial score (nSPS) is 15.8. The van der Waals surface area contributed by atoms with Crippen LogP contribution in [0.3, 0.4) is 0 Å². The number of anilines is 1. The number of carbonyl (C=O) groups excluding carboxylic acids is 1. The monoisotopic (exact) mass is 478 g/mol. The van der Waals surface area contributed by atoms with Crippen molar-refractivity contribution >= 4 is 44.6 Å². The van der Waals surface area contributed by atoms with Gasteiger partial charge in [0.2, 0.25) is 10.0 Å². The van der Waals surface area contributed by atoms with Crippen LogP contribution in [0.4, 0.5) is 5.82 Å². The third kappa shape index (κ3) is 4.69. The summed E-state index contributed by atoms with van der Waals surface area (Å²) in [5, 5.41) is 0.476. The molecule has 170 valence electrons. The summed E-state index contributed by atoms with van der Waals surface area (Å²) in [6, 6.07) is 6.07. The number of benzene rings is 1. The van der Waals surface area contributed by atoms with Gasteiger partial charge in [0.25, 0.3) is 0 Å². The largest absolute Gasteiger partial charge is 0.465 e. The number of rotatable bonds is 7. The number of ether oxygens (including phenoxy) is 1. The molecule has 12 heteroatoms. The van der Waals surface area contributed by atoms with E-state index in [9.17, 15) is 13.2 Å². The van der Waals surface area contributed by atoms with Gasteiger partial charge in [0, 0.05) is 24.7 Å². The van der Waals surface area contributed by atoms with Gasteiger partial charge in [0.15, 0.2) is 11.5 Å². The number of sulfonamides is 1. The molecular formula is C20H23ClN6O4S. The Kier molecular flexibility index (Phi) is 6.58. The highest BCUT2D eigenvalue weighted by molar-refractivity contribution is 7.89. The molecule has 1 fully saturated rings. The molecule has 0 unspecified atom stereocenters. The first-order valence-electron chi connectivity index (χ1n) is 10.2. The number of fused-ring (bicyclic) bond motifs is 1. The second-order valence-electron chi connectivity index (χ2n) is 7.52. The number of carbonyl (C=O) groups is 1. The Morgan fingerprint density at radius 2 is 1.88 bits per heavy atom. The summed E-state index contributed by atoms with van der Waals surface area (Å²) >= 11 is 5.84. The van der Waals surface area contributed by atoms with Gasteiger partial charge in [-0.25, -0.2) is 23.4 Å². The van der Waals surface area contributed by atoms with E-state index in [1.54, 1.807) is 18.5 Å². The minimum absolute atomic E-state index is 0.196. The molecule has 2 N–H and O–H groups in total. The van der Waals surface area contributed by atoms with E-state index in [-0.39, 0.29) is 36.5 Å². The van der Waals surface area contributed by atoms with Crippen LogP contribution in [0.2, 0.25) is 5.02 Å². The van der Waals surface area contributed by atoms with Crippen molar-refractivity contribution in [1.82, 2.24) is 23.8 Å². The number of hydrogen-bond acceptors (Lipinski definition) is 8. The highest BCUT2D eigenvalue weighted by atomic mass is 35.5. The zero-order valence-electron chi connectivity index (χ0n) is 17.2. The summed E-state index contributed by atoms with van der Waals surface area (Å²) in [5.74, 6) is -0.284. The van der Waals surface area contributed by atoms with E-state index in [4.69, 9.17) is 22.1 Å². The van der Waals surface area contributed by atoms with Crippen molar-refractivity contribution in [2.24, 2.45) is 5.92 Å². The fourth-order valence-corrected chi connectivity index (χ4v) is 5.27. The van der Waals surface area contributed by atoms with Gasteiger partial charge in [0.05, 0.1) is 23.7 Å². The first-order chi connectivity index (χ1) is 15.4. The lowest BCUT2D eigenvalue weighted by molar-refractivity contribution is -0.150. The first-order valence-corrected chi connectivity index (χ1v) is 12.0. The van der Waals surface area contributed by atoms with Crippen LogP contribution in [0, 0.1) is 5.92 Å². The Bertz CT molecular complexity index is 1210. The average molecular weight is 479 g/mol. The quantitative estimate of drug-likeness (QED) is 0.403. The number of piperidine rings is 1.